The van der Waals surface area contributed by atoms with E-state index < -0.39 is 29.5 Å². The summed E-state index contributed by atoms with van der Waals surface area (Å²) in [5.74, 6) is -1.84. The second-order valence-corrected chi connectivity index (χ2v) is 5.37. The van der Waals surface area contributed by atoms with Crippen LogP contribution in [0.25, 0.3) is 0 Å². The third kappa shape index (κ3) is 5.56. The van der Waals surface area contributed by atoms with E-state index in [-0.39, 0.29) is 17.7 Å². The molecular weight excluding hydrogens is 365 g/mol. The first-order valence-electron chi connectivity index (χ1n) is 7.64. The highest BCUT2D eigenvalue weighted by atomic mass is 19.4. The largest absolute Gasteiger partial charge is 0.468 e. The number of anilines is 1. The Balaban J connectivity index is 2.03. The van der Waals surface area contributed by atoms with Crippen molar-refractivity contribution in [3.63, 3.8) is 0 Å². The SMILES string of the molecule is COC(=O)CNC(=O)c1ccc(NC(=O)c2cccc(C(F)(F)F)c2)cc1. The summed E-state index contributed by atoms with van der Waals surface area (Å²) in [5, 5.41) is 4.80. The van der Waals surface area contributed by atoms with Crippen molar-refractivity contribution in [3.8, 4) is 0 Å². The van der Waals surface area contributed by atoms with Crippen molar-refractivity contribution < 1.29 is 32.3 Å². The Morgan fingerprint density at radius 2 is 1.63 bits per heavy atom. The van der Waals surface area contributed by atoms with Gasteiger partial charge in [0.1, 0.15) is 6.54 Å². The van der Waals surface area contributed by atoms with Crippen LogP contribution in [-0.2, 0) is 15.7 Å². The van der Waals surface area contributed by atoms with Crippen LogP contribution in [0.2, 0.25) is 0 Å². The summed E-state index contributed by atoms with van der Waals surface area (Å²) in [4.78, 5) is 34.9. The molecule has 142 valence electrons. The Kier molecular flexibility index (Phi) is 6.17. The summed E-state index contributed by atoms with van der Waals surface area (Å²) >= 11 is 0. The van der Waals surface area contributed by atoms with Crippen molar-refractivity contribution in [3.05, 3.63) is 65.2 Å². The minimum atomic E-state index is -4.55. The van der Waals surface area contributed by atoms with Crippen LogP contribution >= 0.6 is 0 Å². The fourth-order valence-electron chi connectivity index (χ4n) is 2.07. The molecule has 0 atom stereocenters. The Labute approximate surface area is 152 Å². The molecule has 2 aromatic rings. The van der Waals surface area contributed by atoms with E-state index in [4.69, 9.17) is 0 Å². The van der Waals surface area contributed by atoms with E-state index in [1.807, 2.05) is 0 Å². The number of hydrogen-bond donors (Lipinski definition) is 2. The smallest absolute Gasteiger partial charge is 0.416 e. The average molecular weight is 380 g/mol. The molecule has 0 aromatic heterocycles. The number of alkyl halides is 3. The van der Waals surface area contributed by atoms with E-state index in [9.17, 15) is 27.6 Å². The Morgan fingerprint density at radius 1 is 0.963 bits per heavy atom. The second kappa shape index (κ2) is 8.35. The molecule has 0 saturated heterocycles. The van der Waals surface area contributed by atoms with E-state index in [0.717, 1.165) is 18.2 Å². The first-order valence-corrected chi connectivity index (χ1v) is 7.64. The molecule has 0 spiro atoms. The zero-order chi connectivity index (χ0) is 20.0. The van der Waals surface area contributed by atoms with Gasteiger partial charge in [-0.1, -0.05) is 6.07 Å². The molecule has 2 aromatic carbocycles. The van der Waals surface area contributed by atoms with Gasteiger partial charge in [-0.2, -0.15) is 13.2 Å². The first kappa shape index (κ1) is 20.0. The van der Waals surface area contributed by atoms with Crippen molar-refractivity contribution in [2.24, 2.45) is 0 Å². The highest BCUT2D eigenvalue weighted by Gasteiger charge is 2.30. The first-order chi connectivity index (χ1) is 12.7. The summed E-state index contributed by atoms with van der Waals surface area (Å²) in [5.41, 5.74) is -0.546. The minimum Gasteiger partial charge on any atom is -0.468 e. The fraction of sp³-hybridized carbons (Fsp3) is 0.167. The summed E-state index contributed by atoms with van der Waals surface area (Å²) < 4.78 is 42.5. The predicted molar refractivity (Wildman–Crippen MR) is 90.2 cm³/mol. The molecule has 0 aliphatic carbocycles. The number of hydrogen-bond acceptors (Lipinski definition) is 4. The number of benzene rings is 2. The summed E-state index contributed by atoms with van der Waals surface area (Å²) in [7, 11) is 1.19. The van der Waals surface area contributed by atoms with Gasteiger partial charge in [-0.15, -0.1) is 0 Å². The summed E-state index contributed by atoms with van der Waals surface area (Å²) in [6, 6.07) is 9.66. The monoisotopic (exact) mass is 380 g/mol. The number of nitrogens with one attached hydrogen (secondary N) is 2. The Hall–Kier alpha value is -3.36. The predicted octanol–water partition coefficient (Wildman–Crippen LogP) is 2.86. The lowest BCUT2D eigenvalue weighted by Gasteiger charge is -2.10. The van der Waals surface area contributed by atoms with Crippen LogP contribution in [0.1, 0.15) is 26.3 Å². The van der Waals surface area contributed by atoms with Gasteiger partial charge in [0.15, 0.2) is 0 Å². The van der Waals surface area contributed by atoms with Crippen molar-refractivity contribution in [1.82, 2.24) is 5.32 Å². The van der Waals surface area contributed by atoms with Gasteiger partial charge in [0.25, 0.3) is 11.8 Å². The van der Waals surface area contributed by atoms with E-state index in [0.29, 0.717) is 5.69 Å². The van der Waals surface area contributed by atoms with Crippen LogP contribution in [0.5, 0.6) is 0 Å². The van der Waals surface area contributed by atoms with Crippen molar-refractivity contribution in [2.75, 3.05) is 19.0 Å². The molecule has 0 heterocycles. The van der Waals surface area contributed by atoms with Crippen LogP contribution in [-0.4, -0.2) is 31.4 Å². The van der Waals surface area contributed by atoms with Crippen LogP contribution < -0.4 is 10.6 Å². The number of halogens is 3. The number of esters is 1. The van der Waals surface area contributed by atoms with Crippen LogP contribution in [0.4, 0.5) is 18.9 Å². The molecule has 9 heteroatoms. The second-order valence-electron chi connectivity index (χ2n) is 5.37. The van der Waals surface area contributed by atoms with E-state index in [2.05, 4.69) is 15.4 Å². The molecule has 27 heavy (non-hydrogen) atoms. The lowest BCUT2D eigenvalue weighted by molar-refractivity contribution is -0.139. The Bertz CT molecular complexity index is 848. The molecule has 0 fully saturated rings. The number of rotatable bonds is 5. The molecule has 0 unspecified atom stereocenters. The highest BCUT2D eigenvalue weighted by molar-refractivity contribution is 6.04. The van der Waals surface area contributed by atoms with E-state index in [1.54, 1.807) is 0 Å². The molecule has 0 saturated carbocycles. The number of ether oxygens (including phenoxy) is 1. The zero-order valence-electron chi connectivity index (χ0n) is 14.1. The van der Waals surface area contributed by atoms with Crippen molar-refractivity contribution in [1.29, 1.82) is 0 Å². The topological polar surface area (TPSA) is 84.5 Å². The molecule has 0 aliphatic rings. The van der Waals surface area contributed by atoms with E-state index >= 15 is 0 Å². The minimum absolute atomic E-state index is 0.148. The molecule has 0 radical (unpaired) electrons. The van der Waals surface area contributed by atoms with Crippen LogP contribution in [0.3, 0.4) is 0 Å². The van der Waals surface area contributed by atoms with Gasteiger partial charge in [-0.3, -0.25) is 14.4 Å². The molecule has 0 aliphatic heterocycles. The number of carbonyl (C=O) groups excluding carboxylic acids is 3. The summed E-state index contributed by atoms with van der Waals surface area (Å²) in [6.45, 7) is -0.288. The third-order valence-corrected chi connectivity index (χ3v) is 3.48. The van der Waals surface area contributed by atoms with Gasteiger partial charge in [-0.25, -0.2) is 0 Å². The normalized spacial score (nSPS) is 10.8. The lowest BCUT2D eigenvalue weighted by Crippen LogP contribution is -2.30. The highest BCUT2D eigenvalue weighted by Crippen LogP contribution is 2.29. The molecular formula is C18H15F3N2O4. The standard InChI is InChI=1S/C18H15F3N2O4/c1-27-15(24)10-22-16(25)11-5-7-14(8-6-11)23-17(26)12-3-2-4-13(9-12)18(19,20)21/h2-9H,10H2,1H3,(H,22,25)(H,23,26). The van der Waals surface area contributed by atoms with Gasteiger partial charge in [0.2, 0.25) is 0 Å². The molecule has 2 rings (SSSR count). The van der Waals surface area contributed by atoms with Gasteiger partial charge in [-0.05, 0) is 42.5 Å². The van der Waals surface area contributed by atoms with Gasteiger partial charge in [0, 0.05) is 16.8 Å². The molecule has 6 nitrogen and oxygen atoms in total. The lowest BCUT2D eigenvalue weighted by atomic mass is 10.1. The zero-order valence-corrected chi connectivity index (χ0v) is 14.1. The number of carbonyl (C=O) groups is 3. The maximum atomic E-state index is 12.7. The average Bonchev–Trinajstić information content (AvgIpc) is 2.65. The fourth-order valence-corrected chi connectivity index (χ4v) is 2.07. The molecule has 0 bridgehead atoms. The van der Waals surface area contributed by atoms with Gasteiger partial charge in [0.05, 0.1) is 12.7 Å². The molecule has 2 N–H and O–H groups in total. The Morgan fingerprint density at radius 3 is 2.22 bits per heavy atom. The molecule has 2 amide bonds. The number of methoxy groups -OCH3 is 1. The number of amides is 2. The quantitative estimate of drug-likeness (QED) is 0.782. The summed E-state index contributed by atoms with van der Waals surface area (Å²) in [6.07, 6.45) is -4.55. The maximum absolute atomic E-state index is 12.7. The third-order valence-electron chi connectivity index (χ3n) is 3.48. The van der Waals surface area contributed by atoms with Crippen molar-refractivity contribution in [2.45, 2.75) is 6.18 Å². The van der Waals surface area contributed by atoms with Crippen LogP contribution in [0.15, 0.2) is 48.5 Å². The van der Waals surface area contributed by atoms with Crippen LogP contribution in [0, 0.1) is 0 Å². The van der Waals surface area contributed by atoms with E-state index in [1.165, 1.54) is 37.4 Å². The van der Waals surface area contributed by atoms with Gasteiger partial charge >= 0.3 is 12.1 Å². The van der Waals surface area contributed by atoms with Crippen molar-refractivity contribution >= 4 is 23.5 Å². The van der Waals surface area contributed by atoms with Gasteiger partial charge < -0.3 is 15.4 Å². The maximum Gasteiger partial charge on any atom is 0.416 e.